The standard InChI is InChI=1S/C24H26N2O4/c1-16-11-12-19(15-17(16)2)26(24(28)21-10-6-14-30-21)22(20-9-5-13-29-20)23(27)25-18-7-3-4-8-18/h5-6,9-15,18,22H,3-4,7-8H2,1-2H3,(H,25,27)/t22-/m1/s1. The van der Waals surface area contributed by atoms with Gasteiger partial charge in [0.2, 0.25) is 0 Å². The predicted octanol–water partition coefficient (Wildman–Crippen LogP) is 4.94. The van der Waals surface area contributed by atoms with Crippen LogP contribution < -0.4 is 10.2 Å². The van der Waals surface area contributed by atoms with Crippen molar-refractivity contribution in [1.29, 1.82) is 0 Å². The topological polar surface area (TPSA) is 75.7 Å². The molecule has 30 heavy (non-hydrogen) atoms. The molecule has 6 nitrogen and oxygen atoms in total. The monoisotopic (exact) mass is 406 g/mol. The lowest BCUT2D eigenvalue weighted by Gasteiger charge is -2.30. The first-order valence-electron chi connectivity index (χ1n) is 10.3. The van der Waals surface area contributed by atoms with Gasteiger partial charge in [0, 0.05) is 11.7 Å². The van der Waals surface area contributed by atoms with E-state index >= 15 is 0 Å². The molecule has 0 saturated heterocycles. The molecule has 2 heterocycles. The minimum atomic E-state index is -0.944. The first-order valence-corrected chi connectivity index (χ1v) is 10.3. The normalized spacial score (nSPS) is 15.1. The van der Waals surface area contributed by atoms with Crippen molar-refractivity contribution in [3.05, 3.63) is 77.6 Å². The molecule has 1 saturated carbocycles. The van der Waals surface area contributed by atoms with Crippen molar-refractivity contribution in [2.24, 2.45) is 0 Å². The number of nitrogens with one attached hydrogen (secondary N) is 1. The van der Waals surface area contributed by atoms with E-state index < -0.39 is 11.9 Å². The van der Waals surface area contributed by atoms with Crippen LogP contribution in [0.25, 0.3) is 0 Å². The summed E-state index contributed by atoms with van der Waals surface area (Å²) in [6.45, 7) is 3.99. The highest BCUT2D eigenvalue weighted by Gasteiger charge is 2.37. The lowest BCUT2D eigenvalue weighted by atomic mass is 10.1. The molecule has 0 spiro atoms. The second kappa shape index (κ2) is 8.61. The number of amides is 2. The summed E-state index contributed by atoms with van der Waals surface area (Å²) in [5.74, 6) is -0.0803. The Bertz CT molecular complexity index is 1000. The molecule has 1 aromatic carbocycles. The zero-order chi connectivity index (χ0) is 21.1. The molecular formula is C24H26N2O4. The van der Waals surface area contributed by atoms with E-state index in [9.17, 15) is 9.59 Å². The van der Waals surface area contributed by atoms with E-state index in [1.54, 1.807) is 24.3 Å². The maximum absolute atomic E-state index is 13.5. The van der Waals surface area contributed by atoms with Crippen LogP contribution in [0.1, 0.15) is 59.2 Å². The Morgan fingerprint density at radius 1 is 1.00 bits per heavy atom. The average molecular weight is 406 g/mol. The van der Waals surface area contributed by atoms with Gasteiger partial charge >= 0.3 is 0 Å². The summed E-state index contributed by atoms with van der Waals surface area (Å²) in [5, 5.41) is 3.12. The van der Waals surface area contributed by atoms with Crippen LogP contribution in [-0.2, 0) is 4.79 Å². The summed E-state index contributed by atoms with van der Waals surface area (Å²) in [6, 6.07) is 11.6. The Labute approximate surface area is 175 Å². The zero-order valence-electron chi connectivity index (χ0n) is 17.3. The Hall–Kier alpha value is -3.28. The quantitative estimate of drug-likeness (QED) is 0.629. The van der Waals surface area contributed by atoms with Crippen molar-refractivity contribution in [1.82, 2.24) is 5.32 Å². The second-order valence-electron chi connectivity index (χ2n) is 7.83. The van der Waals surface area contributed by atoms with Gasteiger partial charge in [-0.05, 0) is 74.2 Å². The number of hydrogen-bond acceptors (Lipinski definition) is 4. The number of aryl methyl sites for hydroxylation is 2. The fraction of sp³-hybridized carbons (Fsp3) is 0.333. The van der Waals surface area contributed by atoms with Crippen molar-refractivity contribution >= 4 is 17.5 Å². The summed E-state index contributed by atoms with van der Waals surface area (Å²) in [6.07, 6.45) is 7.07. The Morgan fingerprint density at radius 2 is 1.73 bits per heavy atom. The SMILES string of the molecule is Cc1ccc(N(C(=O)c2ccco2)[C@@H](C(=O)NC2CCCC2)c2ccco2)cc1C. The second-order valence-corrected chi connectivity index (χ2v) is 7.83. The zero-order valence-corrected chi connectivity index (χ0v) is 17.3. The number of nitrogens with zero attached hydrogens (tertiary/aromatic N) is 1. The van der Waals surface area contributed by atoms with Gasteiger partial charge in [-0.2, -0.15) is 0 Å². The number of furan rings is 2. The minimum Gasteiger partial charge on any atom is -0.467 e. The minimum absolute atomic E-state index is 0.121. The Morgan fingerprint density at radius 3 is 2.37 bits per heavy atom. The summed E-state index contributed by atoms with van der Waals surface area (Å²) >= 11 is 0. The first kappa shape index (κ1) is 20.0. The fourth-order valence-electron chi connectivity index (χ4n) is 3.95. The van der Waals surface area contributed by atoms with Crippen LogP contribution in [0.4, 0.5) is 5.69 Å². The van der Waals surface area contributed by atoms with Crippen molar-refractivity contribution in [2.75, 3.05) is 4.90 Å². The number of carbonyl (C=O) groups is 2. The van der Waals surface area contributed by atoms with E-state index in [4.69, 9.17) is 8.83 Å². The van der Waals surface area contributed by atoms with Crippen LogP contribution in [0, 0.1) is 13.8 Å². The molecule has 1 N–H and O–H groups in total. The molecule has 0 unspecified atom stereocenters. The number of benzene rings is 1. The van der Waals surface area contributed by atoms with Gasteiger partial charge in [-0.25, -0.2) is 0 Å². The van der Waals surface area contributed by atoms with Crippen LogP contribution in [0.2, 0.25) is 0 Å². The fourth-order valence-corrected chi connectivity index (χ4v) is 3.95. The van der Waals surface area contributed by atoms with Gasteiger partial charge in [-0.1, -0.05) is 18.9 Å². The van der Waals surface area contributed by atoms with Gasteiger partial charge in [0.25, 0.3) is 11.8 Å². The lowest BCUT2D eigenvalue weighted by Crippen LogP contribution is -2.46. The predicted molar refractivity (Wildman–Crippen MR) is 113 cm³/mol. The van der Waals surface area contributed by atoms with Gasteiger partial charge in [-0.3, -0.25) is 14.5 Å². The van der Waals surface area contributed by atoms with E-state index in [1.807, 2.05) is 32.0 Å². The summed E-state index contributed by atoms with van der Waals surface area (Å²) in [5.41, 5.74) is 2.75. The third-order valence-corrected chi connectivity index (χ3v) is 5.74. The van der Waals surface area contributed by atoms with Crippen molar-refractivity contribution in [3.8, 4) is 0 Å². The molecule has 0 aliphatic heterocycles. The molecule has 156 valence electrons. The lowest BCUT2D eigenvalue weighted by molar-refractivity contribution is -0.123. The molecule has 2 amide bonds. The van der Waals surface area contributed by atoms with E-state index in [0.717, 1.165) is 36.8 Å². The molecule has 3 aromatic rings. The van der Waals surface area contributed by atoms with Gasteiger partial charge in [-0.15, -0.1) is 0 Å². The number of anilines is 1. The van der Waals surface area contributed by atoms with E-state index in [0.29, 0.717) is 11.4 Å². The highest BCUT2D eigenvalue weighted by molar-refractivity contribution is 6.08. The molecule has 1 atom stereocenters. The molecule has 2 aromatic heterocycles. The van der Waals surface area contributed by atoms with Crippen LogP contribution in [0.15, 0.2) is 63.8 Å². The van der Waals surface area contributed by atoms with Crippen molar-refractivity contribution < 1.29 is 18.4 Å². The third-order valence-electron chi connectivity index (χ3n) is 5.74. The van der Waals surface area contributed by atoms with Crippen LogP contribution in [-0.4, -0.2) is 17.9 Å². The van der Waals surface area contributed by atoms with Gasteiger partial charge in [0.15, 0.2) is 11.8 Å². The molecule has 0 bridgehead atoms. The van der Waals surface area contributed by atoms with Crippen molar-refractivity contribution in [3.63, 3.8) is 0 Å². The summed E-state index contributed by atoms with van der Waals surface area (Å²) in [7, 11) is 0. The van der Waals surface area contributed by atoms with Gasteiger partial charge < -0.3 is 14.2 Å². The number of rotatable bonds is 6. The molecule has 6 heteroatoms. The summed E-state index contributed by atoms with van der Waals surface area (Å²) < 4.78 is 11.0. The number of hydrogen-bond donors (Lipinski definition) is 1. The molecule has 0 radical (unpaired) electrons. The molecule has 1 aliphatic rings. The first-order chi connectivity index (χ1) is 14.5. The largest absolute Gasteiger partial charge is 0.467 e. The molecule has 4 rings (SSSR count). The molecular weight excluding hydrogens is 380 g/mol. The van der Waals surface area contributed by atoms with E-state index in [1.165, 1.54) is 17.4 Å². The van der Waals surface area contributed by atoms with Gasteiger partial charge in [0.1, 0.15) is 5.76 Å². The van der Waals surface area contributed by atoms with E-state index in [2.05, 4.69) is 5.32 Å². The Balaban J connectivity index is 1.78. The number of carbonyl (C=O) groups excluding carboxylic acids is 2. The van der Waals surface area contributed by atoms with Crippen LogP contribution >= 0.6 is 0 Å². The van der Waals surface area contributed by atoms with Crippen LogP contribution in [0.5, 0.6) is 0 Å². The highest BCUT2D eigenvalue weighted by atomic mass is 16.3. The molecule has 1 aliphatic carbocycles. The molecule has 1 fully saturated rings. The summed E-state index contributed by atoms with van der Waals surface area (Å²) in [4.78, 5) is 28.4. The highest BCUT2D eigenvalue weighted by Crippen LogP contribution is 2.32. The van der Waals surface area contributed by atoms with Gasteiger partial charge in [0.05, 0.1) is 12.5 Å². The van der Waals surface area contributed by atoms with E-state index in [-0.39, 0.29) is 17.7 Å². The smallest absolute Gasteiger partial charge is 0.295 e. The maximum atomic E-state index is 13.5. The maximum Gasteiger partial charge on any atom is 0.295 e. The Kier molecular flexibility index (Phi) is 5.74. The van der Waals surface area contributed by atoms with Crippen LogP contribution in [0.3, 0.4) is 0 Å². The average Bonchev–Trinajstić information content (AvgIpc) is 3.50. The van der Waals surface area contributed by atoms with Crippen molar-refractivity contribution in [2.45, 2.75) is 51.6 Å². The third kappa shape index (κ3) is 4.03.